The third-order valence-electron chi connectivity index (χ3n) is 2.34. The molecule has 0 unspecified atom stereocenters. The molecule has 0 aliphatic rings. The van der Waals surface area contributed by atoms with Crippen LogP contribution in [0, 0.1) is 28.8 Å². The molecule has 84 valence electrons. The van der Waals surface area contributed by atoms with Gasteiger partial charge in [-0.05, 0) is 18.2 Å². The van der Waals surface area contributed by atoms with Gasteiger partial charge >= 0.3 is 0 Å². The lowest BCUT2D eigenvalue weighted by molar-refractivity contribution is 0.511. The van der Waals surface area contributed by atoms with Gasteiger partial charge in [-0.15, -0.1) is 0 Å². The molecule has 2 aromatic carbocycles. The Morgan fingerprint density at radius 3 is 2.41 bits per heavy atom. The molecule has 0 saturated heterocycles. The predicted octanol–water partition coefficient (Wildman–Crippen LogP) is 3.64. The van der Waals surface area contributed by atoms with E-state index in [1.165, 1.54) is 18.2 Å². The highest BCUT2D eigenvalue weighted by Gasteiger charge is 2.13. The van der Waals surface area contributed by atoms with E-state index in [9.17, 15) is 13.2 Å². The Labute approximate surface area is 95.7 Å². The second-order valence-corrected chi connectivity index (χ2v) is 3.40. The molecule has 0 spiro atoms. The van der Waals surface area contributed by atoms with Crippen molar-refractivity contribution in [1.82, 2.24) is 0 Å². The van der Waals surface area contributed by atoms with E-state index in [4.69, 9.17) is 5.26 Å². The van der Waals surface area contributed by atoms with Crippen molar-refractivity contribution in [3.63, 3.8) is 0 Å². The summed E-state index contributed by atoms with van der Waals surface area (Å²) in [5.74, 6) is -2.64. The lowest BCUT2D eigenvalue weighted by atomic mass is 9.99. The van der Waals surface area contributed by atoms with Crippen LogP contribution in [0.25, 0.3) is 11.1 Å². The molecule has 0 heterocycles. The Bertz CT molecular complexity index is 615. The zero-order valence-electron chi connectivity index (χ0n) is 8.55. The number of rotatable bonds is 1. The van der Waals surface area contributed by atoms with Crippen LogP contribution in [0.1, 0.15) is 5.56 Å². The van der Waals surface area contributed by atoms with Crippen LogP contribution in [0.5, 0.6) is 0 Å². The maximum absolute atomic E-state index is 13.5. The quantitative estimate of drug-likeness (QED) is 0.737. The van der Waals surface area contributed by atoms with Gasteiger partial charge in [0.25, 0.3) is 0 Å². The summed E-state index contributed by atoms with van der Waals surface area (Å²) in [7, 11) is 0. The van der Waals surface area contributed by atoms with Crippen LogP contribution in [0.4, 0.5) is 13.2 Å². The highest BCUT2D eigenvalue weighted by atomic mass is 19.2. The van der Waals surface area contributed by atoms with E-state index >= 15 is 0 Å². The standard InChI is InChI=1S/C13H6F3N/c14-9-4-5-10(8(6-9)7-17)11-2-1-3-12(15)13(11)16/h1-6H. The number of nitriles is 1. The van der Waals surface area contributed by atoms with Gasteiger partial charge < -0.3 is 0 Å². The minimum absolute atomic E-state index is 0.0329. The molecule has 2 rings (SSSR count). The predicted molar refractivity (Wildman–Crippen MR) is 56.5 cm³/mol. The van der Waals surface area contributed by atoms with E-state index in [2.05, 4.69) is 0 Å². The fourth-order valence-electron chi connectivity index (χ4n) is 1.56. The second-order valence-electron chi connectivity index (χ2n) is 3.40. The normalized spacial score (nSPS) is 10.0. The smallest absolute Gasteiger partial charge is 0.166 e. The van der Waals surface area contributed by atoms with Gasteiger partial charge in [-0.3, -0.25) is 0 Å². The van der Waals surface area contributed by atoms with E-state index < -0.39 is 17.5 Å². The van der Waals surface area contributed by atoms with Gasteiger partial charge in [0.2, 0.25) is 0 Å². The molecule has 0 N–H and O–H groups in total. The van der Waals surface area contributed by atoms with Crippen LogP contribution in [-0.2, 0) is 0 Å². The summed E-state index contributed by atoms with van der Waals surface area (Å²) in [6.45, 7) is 0. The van der Waals surface area contributed by atoms with Gasteiger partial charge in [-0.2, -0.15) is 5.26 Å². The Hall–Kier alpha value is -2.28. The number of nitrogens with zero attached hydrogens (tertiary/aromatic N) is 1. The van der Waals surface area contributed by atoms with Crippen molar-refractivity contribution in [3.8, 4) is 17.2 Å². The maximum atomic E-state index is 13.5. The van der Waals surface area contributed by atoms with E-state index in [0.29, 0.717) is 0 Å². The minimum Gasteiger partial charge on any atom is -0.207 e. The highest BCUT2D eigenvalue weighted by Crippen LogP contribution is 2.27. The lowest BCUT2D eigenvalue weighted by Gasteiger charge is -2.06. The molecular formula is C13H6F3N. The van der Waals surface area contributed by atoms with Crippen molar-refractivity contribution in [3.05, 3.63) is 59.4 Å². The van der Waals surface area contributed by atoms with Crippen molar-refractivity contribution in [2.45, 2.75) is 0 Å². The summed E-state index contributed by atoms with van der Waals surface area (Å²) in [6.07, 6.45) is 0. The summed E-state index contributed by atoms with van der Waals surface area (Å²) in [5.41, 5.74) is 0.0851. The van der Waals surface area contributed by atoms with Crippen molar-refractivity contribution < 1.29 is 13.2 Å². The van der Waals surface area contributed by atoms with Gasteiger partial charge in [0, 0.05) is 11.1 Å². The van der Waals surface area contributed by atoms with Crippen molar-refractivity contribution >= 4 is 0 Å². The minimum atomic E-state index is -1.05. The molecule has 0 aliphatic heterocycles. The van der Waals surface area contributed by atoms with Crippen LogP contribution in [0.3, 0.4) is 0 Å². The fourth-order valence-corrected chi connectivity index (χ4v) is 1.56. The van der Waals surface area contributed by atoms with Crippen LogP contribution in [0.2, 0.25) is 0 Å². The number of hydrogen-bond acceptors (Lipinski definition) is 1. The largest absolute Gasteiger partial charge is 0.207 e. The first-order valence-corrected chi connectivity index (χ1v) is 4.77. The van der Waals surface area contributed by atoms with Crippen LogP contribution < -0.4 is 0 Å². The molecule has 0 bridgehead atoms. The molecule has 0 aliphatic carbocycles. The van der Waals surface area contributed by atoms with Gasteiger partial charge in [-0.1, -0.05) is 18.2 Å². The average Bonchev–Trinajstić information content (AvgIpc) is 2.33. The van der Waals surface area contributed by atoms with Gasteiger partial charge in [0.1, 0.15) is 5.82 Å². The van der Waals surface area contributed by atoms with Gasteiger partial charge in [0.05, 0.1) is 11.6 Å². The third-order valence-corrected chi connectivity index (χ3v) is 2.34. The summed E-state index contributed by atoms with van der Waals surface area (Å²) in [4.78, 5) is 0. The molecule has 0 fully saturated rings. The number of hydrogen-bond donors (Lipinski definition) is 0. The van der Waals surface area contributed by atoms with E-state index in [0.717, 1.165) is 18.2 Å². The Morgan fingerprint density at radius 1 is 0.941 bits per heavy atom. The SMILES string of the molecule is N#Cc1cc(F)ccc1-c1cccc(F)c1F. The Morgan fingerprint density at radius 2 is 1.71 bits per heavy atom. The average molecular weight is 233 g/mol. The number of benzene rings is 2. The van der Waals surface area contributed by atoms with Crippen molar-refractivity contribution in [1.29, 1.82) is 5.26 Å². The summed E-state index contributed by atoms with van der Waals surface area (Å²) < 4.78 is 39.5. The Balaban J connectivity index is 2.69. The van der Waals surface area contributed by atoms with Gasteiger partial charge in [-0.25, -0.2) is 13.2 Å². The van der Waals surface area contributed by atoms with Crippen LogP contribution >= 0.6 is 0 Å². The first-order valence-electron chi connectivity index (χ1n) is 4.77. The highest BCUT2D eigenvalue weighted by molar-refractivity contribution is 5.71. The van der Waals surface area contributed by atoms with E-state index in [1.54, 1.807) is 6.07 Å². The third kappa shape index (κ3) is 2.00. The summed E-state index contributed by atoms with van der Waals surface area (Å²) in [6, 6.07) is 8.74. The fraction of sp³-hybridized carbons (Fsp3) is 0. The summed E-state index contributed by atoms with van der Waals surface area (Å²) in [5, 5.41) is 8.83. The lowest BCUT2D eigenvalue weighted by Crippen LogP contribution is -1.92. The van der Waals surface area contributed by atoms with Crippen LogP contribution in [0.15, 0.2) is 36.4 Å². The molecule has 4 heteroatoms. The zero-order chi connectivity index (χ0) is 12.4. The summed E-state index contributed by atoms with van der Waals surface area (Å²) >= 11 is 0. The molecule has 0 aromatic heterocycles. The van der Waals surface area contributed by atoms with Gasteiger partial charge in [0.15, 0.2) is 11.6 Å². The molecule has 0 atom stereocenters. The molecule has 0 radical (unpaired) electrons. The molecule has 0 amide bonds. The van der Waals surface area contributed by atoms with Crippen molar-refractivity contribution in [2.24, 2.45) is 0 Å². The molecule has 17 heavy (non-hydrogen) atoms. The topological polar surface area (TPSA) is 23.8 Å². The van der Waals surface area contributed by atoms with Crippen molar-refractivity contribution in [2.75, 3.05) is 0 Å². The number of halogens is 3. The Kier molecular flexibility index (Phi) is 2.84. The first-order chi connectivity index (χ1) is 8.13. The molecule has 1 nitrogen and oxygen atoms in total. The van der Waals surface area contributed by atoms with E-state index in [1.807, 2.05) is 0 Å². The monoisotopic (exact) mass is 233 g/mol. The molecule has 2 aromatic rings. The van der Waals surface area contributed by atoms with E-state index in [-0.39, 0.29) is 16.7 Å². The maximum Gasteiger partial charge on any atom is 0.166 e. The molecule has 0 saturated carbocycles. The zero-order valence-corrected chi connectivity index (χ0v) is 8.55. The second kappa shape index (κ2) is 4.30. The van der Waals surface area contributed by atoms with Crippen LogP contribution in [-0.4, -0.2) is 0 Å². The first kappa shape index (κ1) is 11.2. The molecular weight excluding hydrogens is 227 g/mol.